The van der Waals surface area contributed by atoms with Crippen molar-refractivity contribution in [2.45, 2.75) is 13.1 Å². The molecule has 4 aromatic rings. The number of oxazole rings is 1. The molecule has 0 aliphatic heterocycles. The first-order valence-corrected chi connectivity index (χ1v) is 8.96. The third-order valence-corrected chi connectivity index (χ3v) is 4.44. The predicted octanol–water partition coefficient (Wildman–Crippen LogP) is 2.02. The van der Waals surface area contributed by atoms with Crippen molar-refractivity contribution in [3.8, 4) is 0 Å². The fourth-order valence-electron chi connectivity index (χ4n) is 2.89. The summed E-state index contributed by atoms with van der Waals surface area (Å²) in [4.78, 5) is 30.4. The number of rotatable bonds is 6. The number of aromatic nitrogens is 3. The molecule has 29 heavy (non-hydrogen) atoms. The highest BCUT2D eigenvalue weighted by molar-refractivity contribution is 5.89. The van der Waals surface area contributed by atoms with Crippen molar-refractivity contribution >= 4 is 22.7 Å². The van der Waals surface area contributed by atoms with E-state index in [-0.39, 0.29) is 18.3 Å². The van der Waals surface area contributed by atoms with Crippen molar-refractivity contribution in [2.75, 3.05) is 19.0 Å². The molecule has 4 rings (SSSR count). The van der Waals surface area contributed by atoms with E-state index in [1.807, 2.05) is 43.3 Å². The fraction of sp³-hybridized carbons (Fsp3) is 0.200. The number of anilines is 1. The second kappa shape index (κ2) is 7.63. The van der Waals surface area contributed by atoms with Crippen LogP contribution in [0.25, 0.3) is 11.1 Å². The predicted molar refractivity (Wildman–Crippen MR) is 106 cm³/mol. The zero-order valence-corrected chi connectivity index (χ0v) is 16.0. The first kappa shape index (κ1) is 18.5. The molecule has 0 saturated carbocycles. The SMILES string of the molecule is CN(C)c1ccc(CNC(=O)c2nc(Cn3c(=O)oc4ccccc43)no2)cc1. The number of hydrogen-bond donors (Lipinski definition) is 1. The Labute approximate surface area is 165 Å². The summed E-state index contributed by atoms with van der Waals surface area (Å²) in [6.07, 6.45) is 0. The zero-order valence-electron chi connectivity index (χ0n) is 16.0. The minimum atomic E-state index is -0.525. The lowest BCUT2D eigenvalue weighted by Gasteiger charge is -2.12. The minimum Gasteiger partial charge on any atom is -0.408 e. The normalized spacial score (nSPS) is 11.0. The van der Waals surface area contributed by atoms with Gasteiger partial charge in [-0.3, -0.25) is 9.36 Å². The van der Waals surface area contributed by atoms with Gasteiger partial charge in [0.05, 0.1) is 12.1 Å². The van der Waals surface area contributed by atoms with Gasteiger partial charge in [-0.15, -0.1) is 0 Å². The molecule has 0 bridgehead atoms. The quantitative estimate of drug-likeness (QED) is 0.534. The van der Waals surface area contributed by atoms with Crippen molar-refractivity contribution in [3.63, 3.8) is 0 Å². The molecule has 0 saturated heterocycles. The number of para-hydroxylation sites is 2. The van der Waals surface area contributed by atoms with E-state index < -0.39 is 11.7 Å². The van der Waals surface area contributed by atoms with Crippen LogP contribution in [0.4, 0.5) is 5.69 Å². The number of amides is 1. The van der Waals surface area contributed by atoms with Crippen molar-refractivity contribution in [1.82, 2.24) is 20.0 Å². The average Bonchev–Trinajstić information content (AvgIpc) is 3.31. The van der Waals surface area contributed by atoms with Gasteiger partial charge in [0.1, 0.15) is 0 Å². The highest BCUT2D eigenvalue weighted by Gasteiger charge is 2.17. The summed E-state index contributed by atoms with van der Waals surface area (Å²) in [5.41, 5.74) is 3.11. The van der Waals surface area contributed by atoms with Crippen molar-refractivity contribution in [2.24, 2.45) is 0 Å². The average molecular weight is 393 g/mol. The maximum absolute atomic E-state index is 12.3. The van der Waals surface area contributed by atoms with Crippen LogP contribution in [0.1, 0.15) is 22.1 Å². The summed E-state index contributed by atoms with van der Waals surface area (Å²) in [5.74, 6) is -0.960. The van der Waals surface area contributed by atoms with E-state index in [1.54, 1.807) is 24.3 Å². The number of carbonyl (C=O) groups is 1. The van der Waals surface area contributed by atoms with Crippen LogP contribution in [0.5, 0.6) is 0 Å². The molecule has 1 amide bonds. The first-order valence-electron chi connectivity index (χ1n) is 8.96. The molecular weight excluding hydrogens is 374 g/mol. The van der Waals surface area contributed by atoms with Gasteiger partial charge in [0, 0.05) is 26.3 Å². The monoisotopic (exact) mass is 393 g/mol. The van der Waals surface area contributed by atoms with E-state index in [1.165, 1.54) is 4.57 Å². The lowest BCUT2D eigenvalue weighted by molar-refractivity contribution is 0.0907. The summed E-state index contributed by atoms with van der Waals surface area (Å²) in [6.45, 7) is 0.370. The number of hydrogen-bond acceptors (Lipinski definition) is 7. The van der Waals surface area contributed by atoms with Crippen molar-refractivity contribution in [1.29, 1.82) is 0 Å². The summed E-state index contributed by atoms with van der Waals surface area (Å²) in [7, 11) is 3.93. The molecule has 0 aliphatic carbocycles. The number of carbonyl (C=O) groups excluding carboxylic acids is 1. The Kier molecular flexibility index (Phi) is 4.86. The second-order valence-corrected chi connectivity index (χ2v) is 6.68. The van der Waals surface area contributed by atoms with E-state index in [9.17, 15) is 9.59 Å². The molecule has 2 aromatic heterocycles. The molecule has 0 aliphatic rings. The van der Waals surface area contributed by atoms with Gasteiger partial charge in [0.25, 0.3) is 0 Å². The van der Waals surface area contributed by atoms with Gasteiger partial charge in [0.2, 0.25) is 0 Å². The Morgan fingerprint density at radius 3 is 2.66 bits per heavy atom. The van der Waals surface area contributed by atoms with Crippen LogP contribution in [0.2, 0.25) is 0 Å². The maximum atomic E-state index is 12.3. The van der Waals surface area contributed by atoms with Gasteiger partial charge in [-0.2, -0.15) is 4.98 Å². The lowest BCUT2D eigenvalue weighted by Crippen LogP contribution is -2.23. The zero-order chi connectivity index (χ0) is 20.4. The largest absolute Gasteiger partial charge is 0.420 e. The topological polar surface area (TPSA) is 106 Å². The van der Waals surface area contributed by atoms with Gasteiger partial charge in [-0.25, -0.2) is 4.79 Å². The minimum absolute atomic E-state index is 0.0403. The van der Waals surface area contributed by atoms with Crippen molar-refractivity contribution in [3.05, 3.63) is 76.4 Å². The van der Waals surface area contributed by atoms with Crippen molar-refractivity contribution < 1.29 is 13.7 Å². The molecule has 0 spiro atoms. The van der Waals surface area contributed by atoms with Crippen LogP contribution in [0.3, 0.4) is 0 Å². The Morgan fingerprint density at radius 2 is 1.90 bits per heavy atom. The molecule has 2 aromatic carbocycles. The molecule has 148 valence electrons. The van der Waals surface area contributed by atoms with E-state index in [2.05, 4.69) is 15.5 Å². The van der Waals surface area contributed by atoms with Crippen LogP contribution in [-0.2, 0) is 13.1 Å². The summed E-state index contributed by atoms with van der Waals surface area (Å²) in [6, 6.07) is 14.9. The van der Waals surface area contributed by atoms with E-state index in [0.717, 1.165) is 11.3 Å². The van der Waals surface area contributed by atoms with E-state index in [4.69, 9.17) is 8.94 Å². The van der Waals surface area contributed by atoms with Crippen LogP contribution in [0.15, 0.2) is 62.3 Å². The standard InChI is InChI=1S/C20H19N5O4/c1-24(2)14-9-7-13(8-10-14)11-21-18(26)19-22-17(23-29-19)12-25-15-5-3-4-6-16(15)28-20(25)27/h3-10H,11-12H2,1-2H3,(H,21,26). The van der Waals surface area contributed by atoms with Gasteiger partial charge in [-0.05, 0) is 29.8 Å². The maximum Gasteiger partial charge on any atom is 0.420 e. The van der Waals surface area contributed by atoms with Gasteiger partial charge in [0.15, 0.2) is 11.4 Å². The van der Waals surface area contributed by atoms with Crippen LogP contribution < -0.4 is 16.0 Å². The van der Waals surface area contributed by atoms with Gasteiger partial charge < -0.3 is 19.2 Å². The van der Waals surface area contributed by atoms with Gasteiger partial charge >= 0.3 is 17.6 Å². The number of benzene rings is 2. The highest BCUT2D eigenvalue weighted by Crippen LogP contribution is 2.14. The third kappa shape index (κ3) is 3.88. The lowest BCUT2D eigenvalue weighted by atomic mass is 10.2. The molecule has 0 radical (unpaired) electrons. The van der Waals surface area contributed by atoms with Crippen LogP contribution in [-0.4, -0.2) is 34.7 Å². The summed E-state index contributed by atoms with van der Waals surface area (Å²) >= 11 is 0. The number of nitrogens with zero attached hydrogens (tertiary/aromatic N) is 4. The molecule has 0 fully saturated rings. The molecule has 9 heteroatoms. The second-order valence-electron chi connectivity index (χ2n) is 6.68. The molecule has 1 N–H and O–H groups in total. The Balaban J connectivity index is 1.42. The third-order valence-electron chi connectivity index (χ3n) is 4.44. The molecule has 0 unspecified atom stereocenters. The number of fused-ring (bicyclic) bond motifs is 1. The fourth-order valence-corrected chi connectivity index (χ4v) is 2.89. The van der Waals surface area contributed by atoms with Crippen LogP contribution in [0, 0.1) is 0 Å². The number of nitrogens with one attached hydrogen (secondary N) is 1. The Morgan fingerprint density at radius 1 is 1.14 bits per heavy atom. The first-order chi connectivity index (χ1) is 14.0. The van der Waals surface area contributed by atoms with Gasteiger partial charge in [-0.1, -0.05) is 29.4 Å². The molecule has 0 atom stereocenters. The molecule has 2 heterocycles. The Hall–Kier alpha value is -3.88. The molecule has 9 nitrogen and oxygen atoms in total. The van der Waals surface area contributed by atoms with E-state index in [0.29, 0.717) is 17.6 Å². The smallest absolute Gasteiger partial charge is 0.408 e. The summed E-state index contributed by atoms with van der Waals surface area (Å²) in [5, 5.41) is 6.53. The summed E-state index contributed by atoms with van der Waals surface area (Å²) < 4.78 is 11.6. The highest BCUT2D eigenvalue weighted by atomic mass is 16.5. The van der Waals surface area contributed by atoms with E-state index >= 15 is 0 Å². The van der Waals surface area contributed by atoms with Crippen LogP contribution >= 0.6 is 0 Å². The Bertz CT molecular complexity index is 1200. The molecular formula is C20H19N5O4.